The van der Waals surface area contributed by atoms with Gasteiger partial charge in [0.15, 0.2) is 0 Å². The minimum absolute atomic E-state index is 0.168. The van der Waals surface area contributed by atoms with Gasteiger partial charge >= 0.3 is 11.9 Å². The van der Waals surface area contributed by atoms with Gasteiger partial charge in [0.2, 0.25) is 0 Å². The van der Waals surface area contributed by atoms with Crippen LogP contribution in [0.3, 0.4) is 0 Å². The van der Waals surface area contributed by atoms with Crippen LogP contribution >= 0.6 is 0 Å². The first-order valence-electron chi connectivity index (χ1n) is 16.4. The first kappa shape index (κ1) is 34.1. The molecule has 3 aromatic heterocycles. The lowest BCUT2D eigenvalue weighted by molar-refractivity contribution is -0.141. The number of H-pyrrole nitrogens is 2. The lowest BCUT2D eigenvalue weighted by Gasteiger charge is -2.10. The molecule has 9 nitrogen and oxygen atoms in total. The Hall–Kier alpha value is -5.23. The highest BCUT2D eigenvalue weighted by Crippen LogP contribution is 2.41. The normalized spacial score (nSPS) is 13.0. The second kappa shape index (κ2) is 14.3. The summed E-state index contributed by atoms with van der Waals surface area (Å²) in [5.74, 6) is -0.643. The van der Waals surface area contributed by atoms with Crippen LogP contribution in [0.4, 0.5) is 0 Å². The Kier molecular flexibility index (Phi) is 10.1. The third kappa shape index (κ3) is 6.35. The van der Waals surface area contributed by atoms with Crippen molar-refractivity contribution in [3.05, 3.63) is 74.9 Å². The smallest absolute Gasteiger partial charge is 0.305 e. The highest BCUT2D eigenvalue weighted by molar-refractivity contribution is 6.00. The van der Waals surface area contributed by atoms with Crippen molar-refractivity contribution in [2.75, 3.05) is 14.2 Å². The Balaban J connectivity index is 2.00. The Morgan fingerprint density at radius 3 is 1.62 bits per heavy atom. The molecule has 0 unspecified atom stereocenters. The van der Waals surface area contributed by atoms with E-state index in [2.05, 4.69) is 61.9 Å². The zero-order chi connectivity index (χ0) is 34.7. The summed E-state index contributed by atoms with van der Waals surface area (Å²) in [4.78, 5) is 42.5. The minimum Gasteiger partial charge on any atom is -0.469 e. The number of allylic oxidation sites excluding steroid dienone is 5. The Morgan fingerprint density at radius 1 is 0.750 bits per heavy atom. The van der Waals surface area contributed by atoms with Crippen LogP contribution in [-0.2, 0) is 31.9 Å². The van der Waals surface area contributed by atoms with E-state index in [4.69, 9.17) is 19.4 Å². The largest absolute Gasteiger partial charge is 0.469 e. The maximum atomic E-state index is 12.4. The van der Waals surface area contributed by atoms with E-state index in [1.807, 2.05) is 13.8 Å². The number of nitrogens with one attached hydrogen (secondary N) is 2. The van der Waals surface area contributed by atoms with E-state index in [0.29, 0.717) is 29.8 Å². The van der Waals surface area contributed by atoms with Crippen molar-refractivity contribution in [2.24, 2.45) is 0 Å². The topological polar surface area (TPSA) is 134 Å². The monoisotopic (exact) mass is 645 g/mol. The van der Waals surface area contributed by atoms with E-state index >= 15 is 0 Å². The second-order valence-electron chi connectivity index (χ2n) is 12.2. The summed E-state index contributed by atoms with van der Waals surface area (Å²) in [5.41, 5.74) is 15.9. The number of carbonyl (C=O) groups is 2. The van der Waals surface area contributed by atoms with Gasteiger partial charge in [0.25, 0.3) is 0 Å². The molecule has 0 saturated heterocycles. The van der Waals surface area contributed by atoms with Crippen LogP contribution in [-0.4, -0.2) is 46.1 Å². The van der Waals surface area contributed by atoms with Gasteiger partial charge in [-0.05, 0) is 122 Å². The van der Waals surface area contributed by atoms with Crippen LogP contribution in [0.25, 0.3) is 50.4 Å². The van der Waals surface area contributed by atoms with E-state index in [1.165, 1.54) is 37.0 Å². The fourth-order valence-corrected chi connectivity index (χ4v) is 6.82. The Bertz CT molecular complexity index is 2120. The minimum atomic E-state index is -0.322. The molecule has 0 aliphatic carbocycles. The summed E-state index contributed by atoms with van der Waals surface area (Å²) >= 11 is 0. The van der Waals surface area contributed by atoms with Gasteiger partial charge in [0, 0.05) is 46.5 Å². The van der Waals surface area contributed by atoms with Gasteiger partial charge < -0.3 is 19.4 Å². The summed E-state index contributed by atoms with van der Waals surface area (Å²) in [7, 11) is 2.76. The first-order chi connectivity index (χ1) is 23.1. The number of aromatic amines is 2. The summed E-state index contributed by atoms with van der Waals surface area (Å²) in [6.45, 7) is 12.6. The van der Waals surface area contributed by atoms with Crippen LogP contribution in [0.1, 0.15) is 104 Å². The number of hydrogen-bond donors (Lipinski definition) is 2. The third-order valence-corrected chi connectivity index (χ3v) is 9.62. The summed E-state index contributed by atoms with van der Waals surface area (Å²) in [6.07, 6.45) is 5.96. The van der Waals surface area contributed by atoms with E-state index in [-0.39, 0.29) is 24.8 Å². The Morgan fingerprint density at radius 2 is 1.19 bits per heavy atom. The summed E-state index contributed by atoms with van der Waals surface area (Å²) in [5, 5.41) is 9.68. The fraction of sp³-hybridized carbons (Fsp3) is 0.359. The first-order valence-corrected chi connectivity index (χ1v) is 16.4. The molecule has 0 spiro atoms. The van der Waals surface area contributed by atoms with E-state index in [1.54, 1.807) is 6.08 Å². The van der Waals surface area contributed by atoms with E-state index in [9.17, 15) is 14.9 Å². The zero-order valence-corrected chi connectivity index (χ0v) is 29.1. The van der Waals surface area contributed by atoms with Crippen molar-refractivity contribution in [1.82, 2.24) is 19.9 Å². The molecule has 0 radical (unpaired) electrons. The standard InChI is InChI=1S/C39H43N5O4/c1-9-25-21(3)30-18-32-23(5)27(13-15-36(45)47-7)38(43-32)29(12-11-17-40)39-28(14-16-37(46)48-8)24(6)33(44-39)20-35-26(10-2)22(4)31(42-35)19-34(25)41-30/h11-12,18-20,41-42H,9-10,13-16H2,1-8H3/b12-11+,30-18?,31-19?,32-18?,33-20?,34-19?,35-20?,38-29?,39-29?. The Labute approximate surface area is 281 Å². The number of hydrogen-bond acceptors (Lipinski definition) is 7. The molecule has 3 aromatic rings. The average Bonchev–Trinajstić information content (AvgIpc) is 3.75. The molecule has 248 valence electrons. The van der Waals surface area contributed by atoms with Crippen molar-refractivity contribution >= 4 is 62.4 Å². The number of aryl methyl sites for hydroxylation is 4. The molecule has 2 aliphatic rings. The molecule has 5 heterocycles. The van der Waals surface area contributed by atoms with Crippen molar-refractivity contribution in [3.63, 3.8) is 0 Å². The molecule has 0 saturated carbocycles. The van der Waals surface area contributed by atoms with Gasteiger partial charge in [-0.25, -0.2) is 9.97 Å². The maximum absolute atomic E-state index is 12.4. The molecular weight excluding hydrogens is 602 g/mol. The predicted molar refractivity (Wildman–Crippen MR) is 191 cm³/mol. The van der Waals surface area contributed by atoms with Gasteiger partial charge in [0.05, 0.1) is 43.1 Å². The highest BCUT2D eigenvalue weighted by atomic mass is 16.5. The van der Waals surface area contributed by atoms with Gasteiger partial charge in [-0.2, -0.15) is 5.26 Å². The lowest BCUT2D eigenvalue weighted by atomic mass is 9.93. The number of rotatable bonds is 9. The van der Waals surface area contributed by atoms with Crippen molar-refractivity contribution in [2.45, 2.75) is 80.1 Å². The van der Waals surface area contributed by atoms with E-state index in [0.717, 1.165) is 74.2 Å². The number of fused-ring (bicyclic) bond motifs is 8. The number of ether oxygens (including phenoxy) is 2. The van der Waals surface area contributed by atoms with E-state index < -0.39 is 0 Å². The average molecular weight is 646 g/mol. The molecule has 48 heavy (non-hydrogen) atoms. The summed E-state index contributed by atoms with van der Waals surface area (Å²) in [6, 6.07) is 8.46. The van der Waals surface area contributed by atoms with Gasteiger partial charge in [0.1, 0.15) is 0 Å². The number of aromatic nitrogens is 4. The number of nitrogens with zero attached hydrogens (tertiary/aromatic N) is 3. The molecule has 0 aromatic carbocycles. The molecule has 5 rings (SSSR count). The SMILES string of the molecule is CCc1c(C)c2cc3[nH]c(cc4nc(c(/C=C/C#N)c5nc(cc1[nH]2)C(C)=C5CCC(=O)OC)C(CCC(=O)OC)=C4C)c(C)c3CC. The highest BCUT2D eigenvalue weighted by Gasteiger charge is 2.27. The molecule has 8 bridgehead atoms. The third-order valence-electron chi connectivity index (χ3n) is 9.62. The van der Waals surface area contributed by atoms with Gasteiger partial charge in [-0.1, -0.05) is 13.8 Å². The molecular formula is C39H43N5O4. The molecule has 0 atom stereocenters. The van der Waals surface area contributed by atoms with Gasteiger partial charge in [-0.15, -0.1) is 0 Å². The van der Waals surface area contributed by atoms with Crippen LogP contribution in [0.2, 0.25) is 0 Å². The van der Waals surface area contributed by atoms with Crippen molar-refractivity contribution in [3.8, 4) is 6.07 Å². The van der Waals surface area contributed by atoms with Crippen LogP contribution < -0.4 is 0 Å². The molecule has 9 heteroatoms. The summed E-state index contributed by atoms with van der Waals surface area (Å²) < 4.78 is 9.99. The fourth-order valence-electron chi connectivity index (χ4n) is 6.82. The molecule has 2 N–H and O–H groups in total. The van der Waals surface area contributed by atoms with Crippen LogP contribution in [0, 0.1) is 25.2 Å². The zero-order valence-electron chi connectivity index (χ0n) is 29.1. The van der Waals surface area contributed by atoms with Crippen LogP contribution in [0.5, 0.6) is 0 Å². The number of nitriles is 1. The van der Waals surface area contributed by atoms with Crippen molar-refractivity contribution < 1.29 is 19.1 Å². The predicted octanol–water partition coefficient (Wildman–Crippen LogP) is 8.36. The quantitative estimate of drug-likeness (QED) is 0.176. The lowest BCUT2D eigenvalue weighted by Crippen LogP contribution is -2.02. The van der Waals surface area contributed by atoms with Crippen LogP contribution in [0.15, 0.2) is 24.3 Å². The number of methoxy groups -OCH3 is 2. The number of esters is 2. The molecule has 0 amide bonds. The maximum Gasteiger partial charge on any atom is 0.305 e. The van der Waals surface area contributed by atoms with Gasteiger partial charge in [-0.3, -0.25) is 9.59 Å². The molecule has 2 aliphatic heterocycles. The second-order valence-corrected chi connectivity index (χ2v) is 12.2. The molecule has 0 fully saturated rings. The number of carbonyl (C=O) groups excluding carboxylic acids is 2. The van der Waals surface area contributed by atoms with Crippen molar-refractivity contribution in [1.29, 1.82) is 5.26 Å².